The Bertz CT molecular complexity index is 253. The van der Waals surface area contributed by atoms with Gasteiger partial charge in [-0.3, -0.25) is 4.79 Å². The summed E-state index contributed by atoms with van der Waals surface area (Å²) in [6.07, 6.45) is 3.79. The highest BCUT2D eigenvalue weighted by Crippen LogP contribution is 2.23. The Kier molecular flexibility index (Phi) is 7.23. The Hall–Kier alpha value is -0.280. The second kappa shape index (κ2) is 7.34. The minimum Gasteiger partial charge on any atom is -0.343 e. The Morgan fingerprint density at radius 3 is 2.22 bits per heavy atom. The van der Waals surface area contributed by atoms with Gasteiger partial charge in [-0.15, -0.1) is 12.4 Å². The molecule has 0 radical (unpaired) electrons. The SMILES string of the molecule is CC(N)C1CCN(C(=O)CCC(C)(C)C)CC1.Cl. The van der Waals surface area contributed by atoms with Crippen molar-refractivity contribution in [2.24, 2.45) is 17.1 Å². The van der Waals surface area contributed by atoms with Crippen molar-refractivity contribution in [1.82, 2.24) is 4.90 Å². The lowest BCUT2D eigenvalue weighted by atomic mass is 9.89. The van der Waals surface area contributed by atoms with Crippen molar-refractivity contribution in [3.63, 3.8) is 0 Å². The predicted octanol–water partition coefficient (Wildman–Crippen LogP) is 2.82. The molecular formula is C14H29ClN2O. The van der Waals surface area contributed by atoms with Crippen LogP contribution >= 0.6 is 12.4 Å². The van der Waals surface area contributed by atoms with Gasteiger partial charge in [-0.2, -0.15) is 0 Å². The minimum absolute atomic E-state index is 0. The molecule has 4 heteroatoms. The first-order valence-electron chi connectivity index (χ1n) is 6.83. The van der Waals surface area contributed by atoms with Crippen molar-refractivity contribution in [2.45, 2.75) is 59.4 Å². The largest absolute Gasteiger partial charge is 0.343 e. The van der Waals surface area contributed by atoms with Crippen molar-refractivity contribution in [1.29, 1.82) is 0 Å². The zero-order chi connectivity index (χ0) is 13.1. The van der Waals surface area contributed by atoms with Crippen molar-refractivity contribution in [3.8, 4) is 0 Å². The molecular weight excluding hydrogens is 248 g/mol. The lowest BCUT2D eigenvalue weighted by Crippen LogP contribution is -2.42. The fourth-order valence-corrected chi connectivity index (χ4v) is 2.31. The van der Waals surface area contributed by atoms with Crippen LogP contribution in [0.2, 0.25) is 0 Å². The Morgan fingerprint density at radius 1 is 1.33 bits per heavy atom. The van der Waals surface area contributed by atoms with Crippen LogP contribution in [0.15, 0.2) is 0 Å². The van der Waals surface area contributed by atoms with E-state index in [1.807, 2.05) is 4.90 Å². The average Bonchev–Trinajstić information content (AvgIpc) is 2.25. The van der Waals surface area contributed by atoms with Gasteiger partial charge in [0.25, 0.3) is 0 Å². The maximum atomic E-state index is 12.0. The predicted molar refractivity (Wildman–Crippen MR) is 78.9 cm³/mol. The van der Waals surface area contributed by atoms with E-state index in [9.17, 15) is 4.79 Å². The molecule has 3 nitrogen and oxygen atoms in total. The summed E-state index contributed by atoms with van der Waals surface area (Å²) in [6.45, 7) is 10.4. The van der Waals surface area contributed by atoms with Gasteiger partial charge in [0, 0.05) is 25.6 Å². The molecule has 0 saturated carbocycles. The highest BCUT2D eigenvalue weighted by Gasteiger charge is 2.25. The standard InChI is InChI=1S/C14H28N2O.ClH/c1-11(15)12-6-9-16(10-7-12)13(17)5-8-14(2,3)4;/h11-12H,5-10,15H2,1-4H3;1H. The quantitative estimate of drug-likeness (QED) is 0.862. The average molecular weight is 277 g/mol. The third-order valence-corrected chi connectivity index (χ3v) is 3.72. The van der Waals surface area contributed by atoms with E-state index in [0.29, 0.717) is 18.2 Å². The number of rotatable bonds is 3. The van der Waals surface area contributed by atoms with Crippen LogP contribution in [-0.4, -0.2) is 29.9 Å². The van der Waals surface area contributed by atoms with Gasteiger partial charge < -0.3 is 10.6 Å². The smallest absolute Gasteiger partial charge is 0.222 e. The topological polar surface area (TPSA) is 46.3 Å². The van der Waals surface area contributed by atoms with E-state index >= 15 is 0 Å². The summed E-state index contributed by atoms with van der Waals surface area (Å²) in [7, 11) is 0. The lowest BCUT2D eigenvalue weighted by molar-refractivity contribution is -0.133. The van der Waals surface area contributed by atoms with Gasteiger partial charge in [-0.25, -0.2) is 0 Å². The number of piperidine rings is 1. The second-order valence-corrected chi connectivity index (χ2v) is 6.64. The van der Waals surface area contributed by atoms with Crippen molar-refractivity contribution in [2.75, 3.05) is 13.1 Å². The van der Waals surface area contributed by atoms with Gasteiger partial charge in [-0.1, -0.05) is 20.8 Å². The monoisotopic (exact) mass is 276 g/mol. The van der Waals surface area contributed by atoms with Gasteiger partial charge >= 0.3 is 0 Å². The number of nitrogens with two attached hydrogens (primary N) is 1. The van der Waals surface area contributed by atoms with Crippen LogP contribution in [0.3, 0.4) is 0 Å². The Labute approximate surface area is 118 Å². The molecule has 1 saturated heterocycles. The molecule has 0 bridgehead atoms. The number of likely N-dealkylation sites (tertiary alicyclic amines) is 1. The molecule has 0 spiro atoms. The number of hydrogen-bond donors (Lipinski definition) is 1. The molecule has 108 valence electrons. The van der Waals surface area contributed by atoms with Crippen LogP contribution in [-0.2, 0) is 4.79 Å². The summed E-state index contributed by atoms with van der Waals surface area (Å²) in [5.74, 6) is 0.921. The first-order chi connectivity index (χ1) is 7.79. The van der Waals surface area contributed by atoms with E-state index in [2.05, 4.69) is 27.7 Å². The molecule has 1 unspecified atom stereocenters. The normalized spacial score (nSPS) is 19.3. The minimum atomic E-state index is 0. The van der Waals surface area contributed by atoms with Crippen LogP contribution in [0.25, 0.3) is 0 Å². The zero-order valence-electron chi connectivity index (χ0n) is 12.2. The highest BCUT2D eigenvalue weighted by atomic mass is 35.5. The first kappa shape index (κ1) is 17.7. The van der Waals surface area contributed by atoms with Crippen molar-refractivity contribution >= 4 is 18.3 Å². The fourth-order valence-electron chi connectivity index (χ4n) is 2.31. The Morgan fingerprint density at radius 2 is 1.83 bits per heavy atom. The van der Waals surface area contributed by atoms with E-state index < -0.39 is 0 Å². The number of carbonyl (C=O) groups excluding carboxylic acids is 1. The molecule has 18 heavy (non-hydrogen) atoms. The molecule has 0 aromatic rings. The molecule has 0 aromatic carbocycles. The van der Waals surface area contributed by atoms with Gasteiger partial charge in [0.1, 0.15) is 0 Å². The molecule has 1 atom stereocenters. The first-order valence-corrected chi connectivity index (χ1v) is 6.83. The number of nitrogens with zero attached hydrogens (tertiary/aromatic N) is 1. The van der Waals surface area contributed by atoms with Crippen LogP contribution in [0.1, 0.15) is 53.4 Å². The number of amides is 1. The van der Waals surface area contributed by atoms with E-state index in [4.69, 9.17) is 5.73 Å². The number of halogens is 1. The van der Waals surface area contributed by atoms with Gasteiger partial charge in [0.05, 0.1) is 0 Å². The van der Waals surface area contributed by atoms with Crippen LogP contribution in [0.5, 0.6) is 0 Å². The number of hydrogen-bond acceptors (Lipinski definition) is 2. The second-order valence-electron chi connectivity index (χ2n) is 6.64. The fraction of sp³-hybridized carbons (Fsp3) is 0.929. The summed E-state index contributed by atoms with van der Waals surface area (Å²) in [5, 5.41) is 0. The summed E-state index contributed by atoms with van der Waals surface area (Å²) >= 11 is 0. The van der Waals surface area contributed by atoms with Crippen LogP contribution < -0.4 is 5.73 Å². The summed E-state index contributed by atoms with van der Waals surface area (Å²) in [5.41, 5.74) is 6.15. The summed E-state index contributed by atoms with van der Waals surface area (Å²) < 4.78 is 0. The third-order valence-electron chi connectivity index (χ3n) is 3.72. The van der Waals surface area contributed by atoms with E-state index in [-0.39, 0.29) is 23.9 Å². The van der Waals surface area contributed by atoms with Gasteiger partial charge in [0.15, 0.2) is 0 Å². The van der Waals surface area contributed by atoms with E-state index in [1.165, 1.54) is 0 Å². The molecule has 1 fully saturated rings. The highest BCUT2D eigenvalue weighted by molar-refractivity contribution is 5.85. The van der Waals surface area contributed by atoms with Crippen molar-refractivity contribution in [3.05, 3.63) is 0 Å². The molecule has 0 aromatic heterocycles. The molecule has 1 amide bonds. The number of carbonyl (C=O) groups is 1. The van der Waals surface area contributed by atoms with Gasteiger partial charge in [0.2, 0.25) is 5.91 Å². The van der Waals surface area contributed by atoms with Crippen LogP contribution in [0, 0.1) is 11.3 Å². The van der Waals surface area contributed by atoms with Gasteiger partial charge in [-0.05, 0) is 37.5 Å². The maximum absolute atomic E-state index is 12.0. The lowest BCUT2D eigenvalue weighted by Gasteiger charge is -2.34. The summed E-state index contributed by atoms with van der Waals surface area (Å²) in [4.78, 5) is 14.0. The molecule has 1 heterocycles. The molecule has 1 rings (SSSR count). The molecule has 1 aliphatic rings. The van der Waals surface area contributed by atoms with E-state index in [1.54, 1.807) is 0 Å². The van der Waals surface area contributed by atoms with Crippen LogP contribution in [0.4, 0.5) is 0 Å². The molecule has 1 aliphatic heterocycles. The maximum Gasteiger partial charge on any atom is 0.222 e. The van der Waals surface area contributed by atoms with Crippen molar-refractivity contribution < 1.29 is 4.79 Å². The summed E-state index contributed by atoms with van der Waals surface area (Å²) in [6, 6.07) is 0.266. The van der Waals surface area contributed by atoms with E-state index in [0.717, 1.165) is 32.4 Å². The zero-order valence-corrected chi connectivity index (χ0v) is 13.1. The molecule has 2 N–H and O–H groups in total. The third kappa shape index (κ3) is 6.05. The Balaban J connectivity index is 0.00000289. The molecule has 0 aliphatic carbocycles.